The van der Waals surface area contributed by atoms with Gasteiger partial charge in [0.05, 0.1) is 13.0 Å². The Labute approximate surface area is 258 Å². The van der Waals surface area contributed by atoms with E-state index in [9.17, 15) is 24.3 Å². The monoisotopic (exact) mass is 602 g/mol. The van der Waals surface area contributed by atoms with Crippen molar-refractivity contribution in [2.75, 3.05) is 17.2 Å². The summed E-state index contributed by atoms with van der Waals surface area (Å²) in [5.74, 6) is -0.960. The van der Waals surface area contributed by atoms with E-state index in [0.29, 0.717) is 41.6 Å². The number of carboxylic acid groups (broad SMARTS) is 1. The average Bonchev–Trinajstić information content (AvgIpc) is 2.97. The zero-order valence-corrected chi connectivity index (χ0v) is 25.6. The van der Waals surface area contributed by atoms with Crippen LogP contribution in [0.25, 0.3) is 0 Å². The predicted octanol–water partition coefficient (Wildman–Crippen LogP) is 5.25. The molecule has 44 heavy (non-hydrogen) atoms. The fourth-order valence-corrected chi connectivity index (χ4v) is 4.35. The van der Waals surface area contributed by atoms with Gasteiger partial charge in [-0.15, -0.1) is 0 Å². The van der Waals surface area contributed by atoms with Crippen molar-refractivity contribution >= 4 is 35.2 Å². The molecule has 0 aromatic heterocycles. The zero-order valence-electron chi connectivity index (χ0n) is 25.6. The van der Waals surface area contributed by atoms with Crippen molar-refractivity contribution in [1.29, 1.82) is 0 Å². The Kier molecular flexibility index (Phi) is 12.8. The Hall–Kier alpha value is -4.86. The van der Waals surface area contributed by atoms with Crippen LogP contribution in [0.5, 0.6) is 5.75 Å². The lowest BCUT2D eigenvalue weighted by Crippen LogP contribution is -2.52. The molecule has 2 unspecified atom stereocenters. The lowest BCUT2D eigenvalue weighted by Gasteiger charge is -2.23. The molecule has 5 N–H and O–H groups in total. The Balaban J connectivity index is 1.56. The number of carbonyl (C=O) groups is 4. The topological polar surface area (TPSA) is 146 Å². The first-order valence-electron chi connectivity index (χ1n) is 14.7. The van der Waals surface area contributed by atoms with Crippen LogP contribution in [-0.4, -0.2) is 47.6 Å². The lowest BCUT2D eigenvalue weighted by atomic mass is 10.0. The predicted molar refractivity (Wildman–Crippen MR) is 171 cm³/mol. The van der Waals surface area contributed by atoms with E-state index in [2.05, 4.69) is 35.1 Å². The summed E-state index contributed by atoms with van der Waals surface area (Å²) in [6, 6.07) is 20.5. The number of urea groups is 1. The summed E-state index contributed by atoms with van der Waals surface area (Å²) in [7, 11) is 0. The largest absolute Gasteiger partial charge is 0.493 e. The molecule has 3 aromatic rings. The van der Waals surface area contributed by atoms with Gasteiger partial charge >= 0.3 is 12.0 Å². The number of hydrogen-bond acceptors (Lipinski definition) is 5. The number of benzene rings is 3. The Morgan fingerprint density at radius 3 is 1.86 bits per heavy atom. The fraction of sp³-hybridized carbons (Fsp3) is 0.353. The molecule has 10 heteroatoms. The van der Waals surface area contributed by atoms with Crippen molar-refractivity contribution in [1.82, 2.24) is 10.6 Å². The quantitative estimate of drug-likeness (QED) is 0.161. The van der Waals surface area contributed by atoms with Gasteiger partial charge in [0.2, 0.25) is 11.8 Å². The molecule has 0 radical (unpaired) electrons. The highest BCUT2D eigenvalue weighted by Gasteiger charge is 2.27. The fourth-order valence-electron chi connectivity index (χ4n) is 4.35. The van der Waals surface area contributed by atoms with Gasteiger partial charge in [-0.25, -0.2) is 9.59 Å². The highest BCUT2D eigenvalue weighted by Crippen LogP contribution is 2.16. The van der Waals surface area contributed by atoms with Crippen LogP contribution in [0.1, 0.15) is 45.2 Å². The second kappa shape index (κ2) is 16.7. The van der Waals surface area contributed by atoms with E-state index in [1.54, 1.807) is 60.7 Å². The van der Waals surface area contributed by atoms with E-state index in [1.165, 1.54) is 0 Å². The molecule has 3 aromatic carbocycles. The Morgan fingerprint density at radius 1 is 0.705 bits per heavy atom. The average molecular weight is 603 g/mol. The summed E-state index contributed by atoms with van der Waals surface area (Å²) in [6.45, 7) is 8.52. The van der Waals surface area contributed by atoms with Gasteiger partial charge in [0, 0.05) is 17.8 Å². The van der Waals surface area contributed by atoms with Crippen molar-refractivity contribution in [2.24, 2.45) is 11.8 Å². The summed E-state index contributed by atoms with van der Waals surface area (Å²) in [5, 5.41) is 20.7. The molecule has 0 fully saturated rings. The van der Waals surface area contributed by atoms with Crippen LogP contribution < -0.4 is 26.0 Å². The van der Waals surface area contributed by atoms with Crippen molar-refractivity contribution in [2.45, 2.75) is 59.0 Å². The first kappa shape index (κ1) is 33.6. The number of anilines is 2. The maximum absolute atomic E-state index is 13.2. The maximum atomic E-state index is 13.2. The first-order valence-corrected chi connectivity index (χ1v) is 14.7. The molecule has 0 spiro atoms. The molecule has 0 aliphatic rings. The zero-order chi connectivity index (χ0) is 32.1. The molecule has 0 aliphatic heterocycles. The molecule has 0 bridgehead atoms. The summed E-state index contributed by atoms with van der Waals surface area (Å²) < 4.78 is 5.68. The van der Waals surface area contributed by atoms with Gasteiger partial charge < -0.3 is 31.1 Å². The van der Waals surface area contributed by atoms with Crippen LogP contribution in [0.15, 0.2) is 78.9 Å². The third-order valence-corrected chi connectivity index (χ3v) is 6.53. The summed E-state index contributed by atoms with van der Waals surface area (Å²) in [6.07, 6.45) is 0.425. The number of aliphatic carboxylic acids is 1. The van der Waals surface area contributed by atoms with Crippen molar-refractivity contribution < 1.29 is 29.0 Å². The van der Waals surface area contributed by atoms with Gasteiger partial charge in [0.15, 0.2) is 0 Å². The maximum Gasteiger partial charge on any atom is 0.326 e. The van der Waals surface area contributed by atoms with Crippen molar-refractivity contribution in [3.8, 4) is 5.75 Å². The minimum absolute atomic E-state index is 0.00591. The van der Waals surface area contributed by atoms with Crippen molar-refractivity contribution in [3.05, 3.63) is 90.0 Å². The third-order valence-electron chi connectivity index (χ3n) is 6.53. The molecule has 234 valence electrons. The van der Waals surface area contributed by atoms with Gasteiger partial charge in [-0.2, -0.15) is 0 Å². The van der Waals surface area contributed by atoms with Crippen LogP contribution in [-0.2, 0) is 27.2 Å². The number of amides is 4. The minimum atomic E-state index is -1.17. The Bertz CT molecular complexity index is 1380. The van der Waals surface area contributed by atoms with E-state index in [4.69, 9.17) is 4.74 Å². The van der Waals surface area contributed by atoms with Gasteiger partial charge in [-0.1, -0.05) is 70.2 Å². The molecule has 10 nitrogen and oxygen atoms in total. The molecule has 0 saturated heterocycles. The number of para-hydroxylation sites is 1. The highest BCUT2D eigenvalue weighted by atomic mass is 16.5. The molecular formula is C34H42N4O6. The van der Waals surface area contributed by atoms with Crippen LogP contribution in [0.4, 0.5) is 16.2 Å². The van der Waals surface area contributed by atoms with E-state index < -0.39 is 30.0 Å². The van der Waals surface area contributed by atoms with Crippen LogP contribution in [0.3, 0.4) is 0 Å². The SMILES string of the molecule is CC(C)COc1ccc(CC(NC(=O)C(CC(C)C)NC(=O)Cc2ccc(NC(=O)Nc3ccccc3)cc2)C(=O)O)cc1. The van der Waals surface area contributed by atoms with Gasteiger partial charge in [-0.05, 0) is 65.8 Å². The summed E-state index contributed by atoms with van der Waals surface area (Å²) in [5.41, 5.74) is 2.63. The van der Waals surface area contributed by atoms with E-state index in [0.717, 1.165) is 5.56 Å². The first-order chi connectivity index (χ1) is 21.0. The number of carbonyl (C=O) groups excluding carboxylic acids is 3. The molecule has 0 aliphatic carbocycles. The van der Waals surface area contributed by atoms with Crippen LogP contribution >= 0.6 is 0 Å². The number of hydrogen-bond donors (Lipinski definition) is 5. The Morgan fingerprint density at radius 2 is 1.30 bits per heavy atom. The van der Waals surface area contributed by atoms with Crippen LogP contribution in [0.2, 0.25) is 0 Å². The molecule has 4 amide bonds. The van der Waals surface area contributed by atoms with Gasteiger partial charge in [0.25, 0.3) is 0 Å². The normalized spacial score (nSPS) is 12.2. The molecule has 0 saturated carbocycles. The summed E-state index contributed by atoms with van der Waals surface area (Å²) >= 11 is 0. The van der Waals surface area contributed by atoms with Crippen LogP contribution in [0, 0.1) is 11.8 Å². The second-order valence-electron chi connectivity index (χ2n) is 11.5. The summed E-state index contributed by atoms with van der Waals surface area (Å²) in [4.78, 5) is 50.4. The van der Waals surface area contributed by atoms with Crippen molar-refractivity contribution in [3.63, 3.8) is 0 Å². The molecule has 0 heterocycles. The number of nitrogens with one attached hydrogen (secondary N) is 4. The smallest absolute Gasteiger partial charge is 0.326 e. The van der Waals surface area contributed by atoms with E-state index >= 15 is 0 Å². The molecular weight excluding hydrogens is 560 g/mol. The second-order valence-corrected chi connectivity index (χ2v) is 11.5. The third kappa shape index (κ3) is 11.8. The number of carboxylic acids is 1. The minimum Gasteiger partial charge on any atom is -0.493 e. The molecule has 3 rings (SSSR count). The van der Waals surface area contributed by atoms with Gasteiger partial charge in [0.1, 0.15) is 17.8 Å². The molecule has 2 atom stereocenters. The van der Waals surface area contributed by atoms with E-state index in [1.807, 2.05) is 32.0 Å². The van der Waals surface area contributed by atoms with Gasteiger partial charge in [-0.3, -0.25) is 9.59 Å². The standard InChI is InChI=1S/C34H42N4O6/c1-22(2)18-29(32(40)38-30(33(41)42)19-24-12-16-28(17-13-24)44-21-23(3)4)37-31(39)20-25-10-14-27(15-11-25)36-34(43)35-26-8-6-5-7-9-26/h5-17,22-23,29-30H,18-21H2,1-4H3,(H,37,39)(H,38,40)(H,41,42)(H2,35,36,43). The lowest BCUT2D eigenvalue weighted by molar-refractivity contribution is -0.142. The van der Waals surface area contributed by atoms with E-state index in [-0.39, 0.29) is 24.7 Å². The highest BCUT2D eigenvalue weighted by molar-refractivity contribution is 5.99. The number of rotatable bonds is 15. The number of ether oxygens (including phenoxy) is 1.